The van der Waals surface area contributed by atoms with Crippen LogP contribution >= 0.6 is 0 Å². The minimum atomic E-state index is -0.0156. The van der Waals surface area contributed by atoms with Gasteiger partial charge in [0.1, 0.15) is 5.82 Å². The van der Waals surface area contributed by atoms with Gasteiger partial charge in [0.2, 0.25) is 0 Å². The lowest BCUT2D eigenvalue weighted by atomic mass is 9.64. The Balaban J connectivity index is 2.05. The topological polar surface area (TPSA) is 51.8 Å². The smallest absolute Gasteiger partial charge is 0.139 e. The van der Waals surface area contributed by atoms with Gasteiger partial charge in [-0.2, -0.15) is 0 Å². The van der Waals surface area contributed by atoms with Crippen LogP contribution in [0.5, 0.6) is 0 Å². The van der Waals surface area contributed by atoms with Crippen LogP contribution in [0.4, 0.5) is 0 Å². The van der Waals surface area contributed by atoms with Gasteiger partial charge in [-0.05, 0) is 32.3 Å². The van der Waals surface area contributed by atoms with Crippen molar-refractivity contribution in [2.24, 2.45) is 5.73 Å². The normalized spacial score (nSPS) is 18.4. The number of hydrogen-bond donors (Lipinski definition) is 1. The van der Waals surface area contributed by atoms with E-state index < -0.39 is 0 Å². The zero-order chi connectivity index (χ0) is 14.2. The molecule has 3 rings (SSSR count). The first-order chi connectivity index (χ1) is 9.63. The van der Waals surface area contributed by atoms with E-state index in [-0.39, 0.29) is 11.5 Å². The molecule has 0 radical (unpaired) electrons. The van der Waals surface area contributed by atoms with Gasteiger partial charge in [0.25, 0.3) is 0 Å². The second kappa shape index (κ2) is 4.98. The van der Waals surface area contributed by atoms with E-state index in [1.54, 1.807) is 0 Å². The largest absolute Gasteiger partial charge is 0.324 e. The van der Waals surface area contributed by atoms with E-state index in [0.29, 0.717) is 0 Å². The van der Waals surface area contributed by atoms with Crippen molar-refractivity contribution in [3.63, 3.8) is 0 Å². The number of hydrogen-bond acceptors (Lipinski definition) is 3. The molecule has 0 bridgehead atoms. The average Bonchev–Trinajstić information content (AvgIpc) is 2.38. The first-order valence-corrected chi connectivity index (χ1v) is 7.28. The lowest BCUT2D eigenvalue weighted by Crippen LogP contribution is -2.37. The van der Waals surface area contributed by atoms with Crippen molar-refractivity contribution in [1.82, 2.24) is 9.97 Å². The van der Waals surface area contributed by atoms with E-state index in [9.17, 15) is 0 Å². The molecular formula is C17H21N3. The monoisotopic (exact) mass is 267 g/mol. The van der Waals surface area contributed by atoms with Crippen molar-refractivity contribution >= 4 is 0 Å². The molecule has 1 saturated carbocycles. The second-order valence-corrected chi connectivity index (χ2v) is 5.82. The van der Waals surface area contributed by atoms with Gasteiger partial charge in [0, 0.05) is 23.5 Å². The van der Waals surface area contributed by atoms with Gasteiger partial charge in [-0.15, -0.1) is 0 Å². The fraction of sp³-hybridized carbons (Fsp3) is 0.412. The van der Waals surface area contributed by atoms with Crippen molar-refractivity contribution < 1.29 is 0 Å². The Morgan fingerprint density at radius 3 is 2.40 bits per heavy atom. The SMILES string of the molecule is Cc1nc(C2(c3ccccc3)CCC2)ncc1[C@@H](C)N. The van der Waals surface area contributed by atoms with Crippen LogP contribution in [0.3, 0.4) is 0 Å². The number of benzene rings is 1. The molecule has 0 unspecified atom stereocenters. The Kier molecular flexibility index (Phi) is 3.30. The lowest BCUT2D eigenvalue weighted by molar-refractivity contribution is 0.284. The molecule has 104 valence electrons. The van der Waals surface area contributed by atoms with Crippen molar-refractivity contribution in [3.8, 4) is 0 Å². The quantitative estimate of drug-likeness (QED) is 0.928. The summed E-state index contributed by atoms with van der Waals surface area (Å²) in [4.78, 5) is 9.41. The molecule has 1 heterocycles. The van der Waals surface area contributed by atoms with Crippen molar-refractivity contribution in [1.29, 1.82) is 0 Å². The van der Waals surface area contributed by atoms with Crippen LogP contribution in [0.25, 0.3) is 0 Å². The summed E-state index contributed by atoms with van der Waals surface area (Å²) in [5.41, 5.74) is 9.35. The first-order valence-electron chi connectivity index (χ1n) is 7.28. The van der Waals surface area contributed by atoms with Crippen molar-refractivity contribution in [2.75, 3.05) is 0 Å². The Morgan fingerprint density at radius 2 is 1.90 bits per heavy atom. The third kappa shape index (κ3) is 2.02. The third-order valence-corrected chi connectivity index (χ3v) is 4.47. The highest BCUT2D eigenvalue weighted by Crippen LogP contribution is 2.47. The maximum Gasteiger partial charge on any atom is 0.139 e. The molecule has 1 fully saturated rings. The zero-order valence-corrected chi connectivity index (χ0v) is 12.1. The number of rotatable bonds is 3. The van der Waals surface area contributed by atoms with Crippen LogP contribution in [-0.4, -0.2) is 9.97 Å². The molecule has 0 saturated heterocycles. The van der Waals surface area contributed by atoms with Crippen LogP contribution in [-0.2, 0) is 5.41 Å². The minimum absolute atomic E-state index is 0.0156. The van der Waals surface area contributed by atoms with Crippen LogP contribution < -0.4 is 5.73 Å². The molecule has 2 N–H and O–H groups in total. The highest BCUT2D eigenvalue weighted by Gasteiger charge is 2.43. The molecule has 1 aromatic heterocycles. The molecule has 20 heavy (non-hydrogen) atoms. The number of aryl methyl sites for hydroxylation is 1. The molecule has 1 atom stereocenters. The molecule has 1 aliphatic carbocycles. The van der Waals surface area contributed by atoms with Crippen LogP contribution in [0.1, 0.15) is 54.9 Å². The fourth-order valence-electron chi connectivity index (χ4n) is 3.08. The summed E-state index contributed by atoms with van der Waals surface area (Å²) < 4.78 is 0. The minimum Gasteiger partial charge on any atom is -0.324 e. The van der Waals surface area contributed by atoms with Crippen LogP contribution in [0, 0.1) is 6.92 Å². The van der Waals surface area contributed by atoms with Gasteiger partial charge in [-0.1, -0.05) is 36.8 Å². The second-order valence-electron chi connectivity index (χ2n) is 5.82. The van der Waals surface area contributed by atoms with Gasteiger partial charge in [0.05, 0.1) is 5.41 Å². The van der Waals surface area contributed by atoms with Crippen molar-refractivity contribution in [2.45, 2.75) is 44.6 Å². The summed E-state index contributed by atoms with van der Waals surface area (Å²) in [5, 5.41) is 0. The number of aromatic nitrogens is 2. The predicted octanol–water partition coefficient (Wildman–Crippen LogP) is 3.27. The maximum atomic E-state index is 5.95. The number of nitrogens with zero attached hydrogens (tertiary/aromatic N) is 2. The molecule has 1 aliphatic rings. The Hall–Kier alpha value is -1.74. The molecule has 0 spiro atoms. The van der Waals surface area contributed by atoms with E-state index in [0.717, 1.165) is 29.9 Å². The summed E-state index contributed by atoms with van der Waals surface area (Å²) in [6, 6.07) is 10.6. The molecule has 0 aliphatic heterocycles. The van der Waals surface area contributed by atoms with E-state index in [1.165, 1.54) is 12.0 Å². The van der Waals surface area contributed by atoms with Gasteiger partial charge in [0.15, 0.2) is 0 Å². The summed E-state index contributed by atoms with van der Waals surface area (Å²) in [5.74, 6) is 0.955. The summed E-state index contributed by atoms with van der Waals surface area (Å²) in [6.07, 6.45) is 5.42. The molecule has 3 heteroatoms. The summed E-state index contributed by atoms with van der Waals surface area (Å²) in [7, 11) is 0. The van der Waals surface area contributed by atoms with Crippen molar-refractivity contribution in [3.05, 3.63) is 59.2 Å². The van der Waals surface area contributed by atoms with E-state index >= 15 is 0 Å². The van der Waals surface area contributed by atoms with Crippen LogP contribution in [0.15, 0.2) is 36.5 Å². The zero-order valence-electron chi connectivity index (χ0n) is 12.1. The Labute approximate surface area is 120 Å². The van der Waals surface area contributed by atoms with Gasteiger partial charge in [-0.3, -0.25) is 0 Å². The molecule has 0 amide bonds. The molecule has 3 nitrogen and oxygen atoms in total. The summed E-state index contributed by atoms with van der Waals surface area (Å²) >= 11 is 0. The van der Waals surface area contributed by atoms with E-state index in [1.807, 2.05) is 20.0 Å². The standard InChI is InChI=1S/C17H21N3/c1-12(18)15-11-19-16(20-13(15)2)17(9-6-10-17)14-7-4-3-5-8-14/h3-5,7-8,11-12H,6,9-10,18H2,1-2H3/t12-/m1/s1. The average molecular weight is 267 g/mol. The maximum absolute atomic E-state index is 5.95. The van der Waals surface area contributed by atoms with E-state index in [2.05, 4.69) is 35.3 Å². The molecular weight excluding hydrogens is 246 g/mol. The predicted molar refractivity (Wildman–Crippen MR) is 80.4 cm³/mol. The molecule has 2 aromatic rings. The summed E-state index contributed by atoms with van der Waals surface area (Å²) in [6.45, 7) is 4.00. The first kappa shape index (κ1) is 13.3. The van der Waals surface area contributed by atoms with Gasteiger partial charge < -0.3 is 5.73 Å². The van der Waals surface area contributed by atoms with Gasteiger partial charge >= 0.3 is 0 Å². The Morgan fingerprint density at radius 1 is 1.20 bits per heavy atom. The number of nitrogens with two attached hydrogens (primary N) is 1. The highest BCUT2D eigenvalue weighted by atomic mass is 14.9. The van der Waals surface area contributed by atoms with E-state index in [4.69, 9.17) is 10.7 Å². The fourth-order valence-corrected chi connectivity index (χ4v) is 3.08. The van der Waals surface area contributed by atoms with Gasteiger partial charge in [-0.25, -0.2) is 9.97 Å². The Bertz CT molecular complexity index is 601. The van der Waals surface area contributed by atoms with Crippen LogP contribution in [0.2, 0.25) is 0 Å². The molecule has 1 aromatic carbocycles. The third-order valence-electron chi connectivity index (χ3n) is 4.47. The lowest BCUT2D eigenvalue weighted by Gasteiger charge is -2.41. The highest BCUT2D eigenvalue weighted by molar-refractivity contribution is 5.36.